The van der Waals surface area contributed by atoms with Crippen molar-refractivity contribution in [2.24, 2.45) is 0 Å². The number of ketones is 1. The van der Waals surface area contributed by atoms with Crippen LogP contribution in [0.4, 0.5) is 0 Å². The third-order valence-corrected chi connectivity index (χ3v) is 3.05. The topological polar surface area (TPSA) is 63.2 Å². The molecule has 0 spiro atoms. The molecule has 20 heavy (non-hydrogen) atoms. The number of hydrogen-bond acceptors (Lipinski definition) is 3. The maximum atomic E-state index is 11.9. The van der Waals surface area contributed by atoms with Gasteiger partial charge in [-0.3, -0.25) is 9.59 Å². The van der Waals surface area contributed by atoms with E-state index in [0.717, 1.165) is 19.1 Å². The van der Waals surface area contributed by atoms with Crippen molar-refractivity contribution < 1.29 is 14.4 Å². The number of carbonyl (C=O) groups excluding carboxylic acids is 3. The van der Waals surface area contributed by atoms with Gasteiger partial charge in [-0.15, -0.1) is 0 Å². The number of hydrogen-bond donors (Lipinski definition) is 1. The molecule has 0 aliphatic carbocycles. The van der Waals surface area contributed by atoms with E-state index in [9.17, 15) is 14.4 Å². The molecule has 1 amide bonds. The van der Waals surface area contributed by atoms with Gasteiger partial charge in [-0.25, -0.2) is 0 Å². The van der Waals surface area contributed by atoms with Gasteiger partial charge in [-0.05, 0) is 31.9 Å². The zero-order chi connectivity index (χ0) is 14.8. The van der Waals surface area contributed by atoms with Gasteiger partial charge in [0.05, 0.1) is 0 Å². The Labute approximate surface area is 119 Å². The number of carbonyl (C=O) groups is 3. The van der Waals surface area contributed by atoms with E-state index in [-0.39, 0.29) is 17.7 Å². The Morgan fingerprint density at radius 1 is 1.20 bits per heavy atom. The molecule has 1 aromatic carbocycles. The van der Waals surface area contributed by atoms with E-state index >= 15 is 0 Å². The van der Waals surface area contributed by atoms with Crippen molar-refractivity contribution in [3.63, 3.8) is 0 Å². The third-order valence-electron chi connectivity index (χ3n) is 3.05. The minimum atomic E-state index is -0.0922. The molecule has 0 saturated carbocycles. The molecule has 0 aromatic heterocycles. The predicted octanol–water partition coefficient (Wildman–Crippen LogP) is 2.52. The van der Waals surface area contributed by atoms with E-state index in [1.807, 2.05) is 25.1 Å². The lowest BCUT2D eigenvalue weighted by Gasteiger charge is -2.13. The van der Waals surface area contributed by atoms with Gasteiger partial charge in [0.2, 0.25) is 0 Å². The first-order valence-corrected chi connectivity index (χ1v) is 6.94. The van der Waals surface area contributed by atoms with Gasteiger partial charge in [-0.2, -0.15) is 0 Å². The second-order valence-corrected chi connectivity index (χ2v) is 4.88. The van der Waals surface area contributed by atoms with E-state index in [4.69, 9.17) is 0 Å². The quantitative estimate of drug-likeness (QED) is 0.704. The molecular weight excluding hydrogens is 254 g/mol. The molecular formula is C16H21NO3. The van der Waals surface area contributed by atoms with Crippen molar-refractivity contribution in [3.8, 4) is 0 Å². The Morgan fingerprint density at radius 3 is 2.55 bits per heavy atom. The van der Waals surface area contributed by atoms with Crippen molar-refractivity contribution in [2.45, 2.75) is 45.1 Å². The van der Waals surface area contributed by atoms with Gasteiger partial charge in [0, 0.05) is 30.9 Å². The summed E-state index contributed by atoms with van der Waals surface area (Å²) in [5.41, 5.74) is 0.640. The van der Waals surface area contributed by atoms with Crippen LogP contribution in [0.25, 0.3) is 0 Å². The lowest BCUT2D eigenvalue weighted by atomic mass is 10.1. The second-order valence-electron chi connectivity index (χ2n) is 4.88. The van der Waals surface area contributed by atoms with Crippen LogP contribution in [0.1, 0.15) is 49.4 Å². The molecule has 0 bridgehead atoms. The van der Waals surface area contributed by atoms with Crippen LogP contribution >= 0.6 is 0 Å². The number of amides is 1. The van der Waals surface area contributed by atoms with Crippen LogP contribution < -0.4 is 5.32 Å². The molecule has 0 radical (unpaired) electrons. The van der Waals surface area contributed by atoms with Crippen LogP contribution in [0, 0.1) is 0 Å². The molecule has 0 aliphatic heterocycles. The summed E-state index contributed by atoms with van der Waals surface area (Å²) >= 11 is 0. The molecule has 0 fully saturated rings. The summed E-state index contributed by atoms with van der Waals surface area (Å²) in [6, 6.07) is 9.08. The summed E-state index contributed by atoms with van der Waals surface area (Å²) in [7, 11) is 0. The van der Waals surface area contributed by atoms with Crippen molar-refractivity contribution in [3.05, 3.63) is 35.9 Å². The highest BCUT2D eigenvalue weighted by molar-refractivity contribution is 5.94. The van der Waals surface area contributed by atoms with Crippen LogP contribution in [0.15, 0.2) is 30.3 Å². The normalized spacial score (nSPS) is 11.7. The number of benzene rings is 1. The van der Waals surface area contributed by atoms with Crippen molar-refractivity contribution in [1.82, 2.24) is 5.32 Å². The lowest BCUT2D eigenvalue weighted by molar-refractivity contribution is -0.120. The van der Waals surface area contributed by atoms with E-state index in [2.05, 4.69) is 5.32 Å². The Morgan fingerprint density at radius 2 is 1.90 bits per heavy atom. The van der Waals surface area contributed by atoms with Gasteiger partial charge in [0.25, 0.3) is 5.91 Å². The molecule has 1 atom stereocenters. The van der Waals surface area contributed by atoms with E-state index < -0.39 is 0 Å². The van der Waals surface area contributed by atoms with Crippen LogP contribution in [-0.4, -0.2) is 24.0 Å². The first-order chi connectivity index (χ1) is 9.63. The fourth-order valence-corrected chi connectivity index (χ4v) is 1.92. The molecule has 0 aliphatic rings. The third kappa shape index (κ3) is 6.27. The van der Waals surface area contributed by atoms with Gasteiger partial charge in [0.15, 0.2) is 0 Å². The molecule has 0 unspecified atom stereocenters. The molecule has 1 rings (SSSR count). The summed E-state index contributed by atoms with van der Waals surface area (Å²) in [5.74, 6) is 0.0177. The monoisotopic (exact) mass is 275 g/mol. The minimum absolute atomic E-state index is 0.0292. The van der Waals surface area contributed by atoms with Crippen molar-refractivity contribution in [2.75, 3.05) is 0 Å². The average Bonchev–Trinajstić information content (AvgIpc) is 2.46. The Balaban J connectivity index is 2.23. The zero-order valence-electron chi connectivity index (χ0n) is 11.8. The van der Waals surface area contributed by atoms with Crippen LogP contribution in [-0.2, 0) is 9.59 Å². The maximum Gasteiger partial charge on any atom is 0.251 e. The first-order valence-electron chi connectivity index (χ1n) is 6.94. The zero-order valence-corrected chi connectivity index (χ0v) is 11.8. The molecule has 4 nitrogen and oxygen atoms in total. The number of rotatable bonds is 9. The molecule has 0 saturated heterocycles. The van der Waals surface area contributed by atoms with E-state index in [0.29, 0.717) is 24.8 Å². The molecule has 0 heterocycles. The van der Waals surface area contributed by atoms with Crippen molar-refractivity contribution in [1.29, 1.82) is 0 Å². The van der Waals surface area contributed by atoms with Crippen LogP contribution in [0.2, 0.25) is 0 Å². The fraction of sp³-hybridized carbons (Fsp3) is 0.438. The Bertz CT molecular complexity index is 442. The van der Waals surface area contributed by atoms with E-state index in [1.54, 1.807) is 12.1 Å². The van der Waals surface area contributed by atoms with Gasteiger partial charge >= 0.3 is 0 Å². The Hall–Kier alpha value is -1.97. The van der Waals surface area contributed by atoms with Crippen molar-refractivity contribution >= 4 is 18.0 Å². The maximum absolute atomic E-state index is 11.9. The van der Waals surface area contributed by atoms with E-state index in [1.165, 1.54) is 0 Å². The predicted molar refractivity (Wildman–Crippen MR) is 77.5 cm³/mol. The number of nitrogens with one attached hydrogen (secondary N) is 1. The highest BCUT2D eigenvalue weighted by atomic mass is 16.1. The summed E-state index contributed by atoms with van der Waals surface area (Å²) in [5, 5.41) is 2.91. The first kappa shape index (κ1) is 16.1. The number of Topliss-reactive ketones (excluding diaryl/α,β-unsaturated/α-hetero) is 1. The average molecular weight is 275 g/mol. The summed E-state index contributed by atoms with van der Waals surface area (Å²) < 4.78 is 0. The highest BCUT2D eigenvalue weighted by Gasteiger charge is 2.10. The largest absolute Gasteiger partial charge is 0.350 e. The molecule has 108 valence electrons. The summed E-state index contributed by atoms with van der Waals surface area (Å²) in [6.07, 6.45) is 3.35. The SMILES string of the molecule is C[C@H](CCCC(=O)CCC=O)NC(=O)c1ccccc1. The summed E-state index contributed by atoms with van der Waals surface area (Å²) in [4.78, 5) is 33.4. The van der Waals surface area contributed by atoms with Crippen LogP contribution in [0.5, 0.6) is 0 Å². The molecule has 4 heteroatoms. The minimum Gasteiger partial charge on any atom is -0.350 e. The highest BCUT2D eigenvalue weighted by Crippen LogP contribution is 2.05. The van der Waals surface area contributed by atoms with Gasteiger partial charge in [-0.1, -0.05) is 18.2 Å². The van der Waals surface area contributed by atoms with Gasteiger partial charge in [0.1, 0.15) is 12.1 Å². The molecule has 1 N–H and O–H groups in total. The van der Waals surface area contributed by atoms with Crippen LogP contribution in [0.3, 0.4) is 0 Å². The fourth-order valence-electron chi connectivity index (χ4n) is 1.92. The number of aldehydes is 1. The summed E-state index contributed by atoms with van der Waals surface area (Å²) in [6.45, 7) is 1.93. The second kappa shape index (κ2) is 9.02. The van der Waals surface area contributed by atoms with Gasteiger partial charge < -0.3 is 10.1 Å². The Kier molecular flexibility index (Phi) is 7.25. The smallest absolute Gasteiger partial charge is 0.251 e. The lowest BCUT2D eigenvalue weighted by Crippen LogP contribution is -2.32. The standard InChI is InChI=1S/C16H21NO3/c1-13(7-5-10-15(19)11-6-12-18)17-16(20)14-8-3-2-4-9-14/h2-4,8-9,12-13H,5-7,10-11H2,1H3,(H,17,20)/t13-/m1/s1. The molecule has 1 aromatic rings.